The van der Waals surface area contributed by atoms with Gasteiger partial charge in [-0.05, 0) is 37.3 Å². The maximum Gasteiger partial charge on any atom is 0.196 e. The molecule has 0 saturated carbocycles. The van der Waals surface area contributed by atoms with E-state index in [1.54, 1.807) is 31.2 Å². The van der Waals surface area contributed by atoms with E-state index < -0.39 is 6.10 Å². The van der Waals surface area contributed by atoms with Gasteiger partial charge >= 0.3 is 0 Å². The fraction of sp³-hybridized carbons (Fsp3) is 0.211. The zero-order valence-corrected chi connectivity index (χ0v) is 13.1. The molecule has 2 heterocycles. The summed E-state index contributed by atoms with van der Waals surface area (Å²) >= 11 is 0. The highest BCUT2D eigenvalue weighted by molar-refractivity contribution is 5.80. The van der Waals surface area contributed by atoms with Gasteiger partial charge in [0.1, 0.15) is 18.0 Å². The predicted octanol–water partition coefficient (Wildman–Crippen LogP) is 2.90. The van der Waals surface area contributed by atoms with Crippen molar-refractivity contribution in [3.05, 3.63) is 58.3 Å². The second kappa shape index (κ2) is 5.69. The number of ether oxygens (including phenoxy) is 2. The molecule has 1 aliphatic heterocycles. The summed E-state index contributed by atoms with van der Waals surface area (Å²) in [6.45, 7) is 1.95. The molecule has 1 N–H and O–H groups in total. The third-order valence-corrected chi connectivity index (χ3v) is 4.15. The van der Waals surface area contributed by atoms with Crippen LogP contribution in [-0.2, 0) is 0 Å². The summed E-state index contributed by atoms with van der Waals surface area (Å²) in [5, 5.41) is 9.80. The van der Waals surface area contributed by atoms with Crippen LogP contribution in [0.25, 0.3) is 22.3 Å². The van der Waals surface area contributed by atoms with Crippen LogP contribution in [0.4, 0.5) is 0 Å². The van der Waals surface area contributed by atoms with E-state index in [0.717, 1.165) is 5.56 Å². The van der Waals surface area contributed by atoms with Crippen LogP contribution in [-0.4, -0.2) is 24.4 Å². The Balaban J connectivity index is 1.86. The van der Waals surface area contributed by atoms with Crippen LogP contribution in [0.5, 0.6) is 11.5 Å². The van der Waals surface area contributed by atoms with Crippen molar-refractivity contribution in [2.45, 2.75) is 13.0 Å². The fourth-order valence-corrected chi connectivity index (χ4v) is 2.86. The van der Waals surface area contributed by atoms with Crippen molar-refractivity contribution in [1.29, 1.82) is 0 Å². The Morgan fingerprint density at radius 2 is 2.00 bits per heavy atom. The Hall–Kier alpha value is -2.79. The van der Waals surface area contributed by atoms with Crippen LogP contribution in [0.1, 0.15) is 5.56 Å². The molecule has 0 saturated heterocycles. The molecule has 0 fully saturated rings. The van der Waals surface area contributed by atoms with E-state index in [4.69, 9.17) is 13.9 Å². The molecule has 1 unspecified atom stereocenters. The van der Waals surface area contributed by atoms with Crippen LogP contribution in [0.3, 0.4) is 0 Å². The monoisotopic (exact) mass is 324 g/mol. The van der Waals surface area contributed by atoms with Crippen LogP contribution in [0.15, 0.2) is 51.7 Å². The molecule has 0 radical (unpaired) electrons. The SMILES string of the molecule is Cc1c(-c2ccc3c(c2)OC(CO)CO3)oc2ccccc2c1=O. The third kappa shape index (κ3) is 2.34. The van der Waals surface area contributed by atoms with Crippen LogP contribution >= 0.6 is 0 Å². The summed E-state index contributed by atoms with van der Waals surface area (Å²) < 4.78 is 17.2. The van der Waals surface area contributed by atoms with Gasteiger partial charge in [0, 0.05) is 11.1 Å². The van der Waals surface area contributed by atoms with Crippen molar-refractivity contribution >= 4 is 11.0 Å². The summed E-state index contributed by atoms with van der Waals surface area (Å²) in [5.74, 6) is 1.66. The highest BCUT2D eigenvalue weighted by atomic mass is 16.6. The molecule has 24 heavy (non-hydrogen) atoms. The van der Waals surface area contributed by atoms with Crippen molar-refractivity contribution in [2.75, 3.05) is 13.2 Å². The molecule has 1 aromatic heterocycles. The van der Waals surface area contributed by atoms with Gasteiger partial charge in [0.05, 0.1) is 12.0 Å². The molecular formula is C19H16O5. The summed E-state index contributed by atoms with van der Waals surface area (Å²) in [5.41, 5.74) is 1.78. The number of rotatable bonds is 2. The molecule has 4 rings (SSSR count). The van der Waals surface area contributed by atoms with Crippen molar-refractivity contribution < 1.29 is 19.0 Å². The van der Waals surface area contributed by atoms with Crippen molar-refractivity contribution in [3.8, 4) is 22.8 Å². The van der Waals surface area contributed by atoms with E-state index in [-0.39, 0.29) is 12.0 Å². The lowest BCUT2D eigenvalue weighted by molar-refractivity contribution is 0.0457. The molecule has 0 amide bonds. The lowest BCUT2D eigenvalue weighted by Gasteiger charge is -2.25. The molecule has 3 aromatic rings. The first-order valence-electron chi connectivity index (χ1n) is 7.74. The zero-order chi connectivity index (χ0) is 16.7. The van der Waals surface area contributed by atoms with E-state index in [1.807, 2.05) is 18.2 Å². The molecule has 0 bridgehead atoms. The van der Waals surface area contributed by atoms with Gasteiger partial charge in [0.2, 0.25) is 0 Å². The van der Waals surface area contributed by atoms with Crippen molar-refractivity contribution in [2.24, 2.45) is 0 Å². The molecule has 5 heteroatoms. The van der Waals surface area contributed by atoms with E-state index in [2.05, 4.69) is 0 Å². The van der Waals surface area contributed by atoms with E-state index >= 15 is 0 Å². The first-order chi connectivity index (χ1) is 11.7. The zero-order valence-electron chi connectivity index (χ0n) is 13.1. The summed E-state index contributed by atoms with van der Waals surface area (Å²) in [6.07, 6.45) is -0.391. The standard InChI is InChI=1S/C19H16O5/c1-11-18(21)14-4-2-3-5-15(14)24-19(11)12-6-7-16-17(8-12)23-13(9-20)10-22-16/h2-8,13,20H,9-10H2,1H3. The third-order valence-electron chi connectivity index (χ3n) is 4.15. The van der Waals surface area contributed by atoms with Gasteiger partial charge in [-0.1, -0.05) is 12.1 Å². The molecule has 5 nitrogen and oxygen atoms in total. The molecule has 0 aliphatic carbocycles. The first-order valence-corrected chi connectivity index (χ1v) is 7.74. The van der Waals surface area contributed by atoms with Gasteiger partial charge in [-0.3, -0.25) is 4.79 Å². The summed E-state index contributed by atoms with van der Waals surface area (Å²) in [4.78, 5) is 12.6. The number of aliphatic hydroxyl groups excluding tert-OH is 1. The van der Waals surface area contributed by atoms with Gasteiger partial charge in [0.15, 0.2) is 23.0 Å². The average molecular weight is 324 g/mol. The van der Waals surface area contributed by atoms with Crippen molar-refractivity contribution in [3.63, 3.8) is 0 Å². The van der Waals surface area contributed by atoms with Gasteiger partial charge in [0.25, 0.3) is 0 Å². The quantitative estimate of drug-likeness (QED) is 0.785. The normalized spacial score (nSPS) is 16.3. The highest BCUT2D eigenvalue weighted by Crippen LogP contribution is 2.36. The molecule has 2 aromatic carbocycles. The van der Waals surface area contributed by atoms with Crippen molar-refractivity contribution in [1.82, 2.24) is 0 Å². The van der Waals surface area contributed by atoms with Gasteiger partial charge in [-0.25, -0.2) is 0 Å². The molecule has 0 spiro atoms. The maximum atomic E-state index is 12.6. The Morgan fingerprint density at radius 3 is 2.83 bits per heavy atom. The number of para-hydroxylation sites is 1. The van der Waals surface area contributed by atoms with E-state index in [1.165, 1.54) is 0 Å². The van der Waals surface area contributed by atoms with Crippen LogP contribution in [0.2, 0.25) is 0 Å². The minimum atomic E-state index is -0.391. The van der Waals surface area contributed by atoms with Crippen LogP contribution < -0.4 is 14.9 Å². The molecule has 122 valence electrons. The Kier molecular flexibility index (Phi) is 3.50. The number of fused-ring (bicyclic) bond motifs is 2. The largest absolute Gasteiger partial charge is 0.486 e. The predicted molar refractivity (Wildman–Crippen MR) is 89.7 cm³/mol. The number of hydrogen-bond donors (Lipinski definition) is 1. The number of benzene rings is 2. The lowest BCUT2D eigenvalue weighted by Crippen LogP contribution is -2.32. The number of aliphatic hydroxyl groups is 1. The average Bonchev–Trinajstić information content (AvgIpc) is 2.63. The van der Waals surface area contributed by atoms with Gasteiger partial charge < -0.3 is 19.0 Å². The molecule has 1 atom stereocenters. The van der Waals surface area contributed by atoms with Crippen LogP contribution in [0, 0.1) is 6.92 Å². The highest BCUT2D eigenvalue weighted by Gasteiger charge is 2.22. The Labute approximate surface area is 138 Å². The maximum absolute atomic E-state index is 12.6. The van der Waals surface area contributed by atoms with E-state index in [9.17, 15) is 9.90 Å². The van der Waals surface area contributed by atoms with Gasteiger partial charge in [-0.15, -0.1) is 0 Å². The topological polar surface area (TPSA) is 68.9 Å². The molecular weight excluding hydrogens is 308 g/mol. The smallest absolute Gasteiger partial charge is 0.196 e. The second-order valence-corrected chi connectivity index (χ2v) is 5.78. The Morgan fingerprint density at radius 1 is 1.17 bits per heavy atom. The second-order valence-electron chi connectivity index (χ2n) is 5.78. The number of hydrogen-bond acceptors (Lipinski definition) is 5. The minimum Gasteiger partial charge on any atom is -0.486 e. The molecule has 1 aliphatic rings. The first kappa shape index (κ1) is 14.8. The van der Waals surface area contributed by atoms with Gasteiger partial charge in [-0.2, -0.15) is 0 Å². The summed E-state index contributed by atoms with van der Waals surface area (Å²) in [6, 6.07) is 12.6. The summed E-state index contributed by atoms with van der Waals surface area (Å²) in [7, 11) is 0. The van der Waals surface area contributed by atoms with E-state index in [0.29, 0.717) is 40.4 Å². The lowest BCUT2D eigenvalue weighted by atomic mass is 10.0. The Bertz CT molecular complexity index is 973. The minimum absolute atomic E-state index is 0.0463. The fourth-order valence-electron chi connectivity index (χ4n) is 2.86.